The molecule has 1 heterocycles. The number of rotatable bonds is 10. The molecule has 0 bridgehead atoms. The van der Waals surface area contributed by atoms with Gasteiger partial charge in [0, 0.05) is 36.6 Å². The summed E-state index contributed by atoms with van der Waals surface area (Å²) in [5, 5.41) is 3.74. The van der Waals surface area contributed by atoms with Gasteiger partial charge in [0.15, 0.2) is 0 Å². The Hall–Kier alpha value is -2.81. The van der Waals surface area contributed by atoms with E-state index < -0.39 is 30.2 Å². The standard InChI is InChI=1S/C15H22N4O7/c1-10(2)14(24-13(22)6-4-3-5-9-17-18-16)25-15(23)26-19-11(20)7-8-12(19)21/h10,14H,3-9H2,1-2H3. The van der Waals surface area contributed by atoms with Crippen LogP contribution in [-0.2, 0) is 28.7 Å². The Bertz CT molecular complexity index is 571. The van der Waals surface area contributed by atoms with Crippen LogP contribution in [-0.4, -0.2) is 41.8 Å². The summed E-state index contributed by atoms with van der Waals surface area (Å²) < 4.78 is 9.99. The molecule has 1 atom stereocenters. The topological polar surface area (TPSA) is 148 Å². The number of carbonyl (C=O) groups excluding carboxylic acids is 4. The number of azide groups is 1. The fraction of sp³-hybridized carbons (Fsp3) is 0.733. The third-order valence-corrected chi connectivity index (χ3v) is 3.38. The average molecular weight is 370 g/mol. The van der Waals surface area contributed by atoms with Crippen molar-refractivity contribution in [3.8, 4) is 0 Å². The van der Waals surface area contributed by atoms with Gasteiger partial charge in [-0.15, -0.1) is 0 Å². The fourth-order valence-corrected chi connectivity index (χ4v) is 2.01. The van der Waals surface area contributed by atoms with Crippen LogP contribution in [0, 0.1) is 5.92 Å². The zero-order chi connectivity index (χ0) is 19.5. The van der Waals surface area contributed by atoms with Crippen LogP contribution >= 0.6 is 0 Å². The van der Waals surface area contributed by atoms with E-state index >= 15 is 0 Å². The molecular formula is C15H22N4O7. The lowest BCUT2D eigenvalue weighted by Gasteiger charge is -2.21. The van der Waals surface area contributed by atoms with E-state index in [2.05, 4.69) is 14.9 Å². The number of hydroxylamine groups is 2. The van der Waals surface area contributed by atoms with Gasteiger partial charge in [0.1, 0.15) is 0 Å². The number of nitrogens with zero attached hydrogens (tertiary/aromatic N) is 4. The monoisotopic (exact) mass is 370 g/mol. The molecule has 2 amide bonds. The molecule has 1 rings (SSSR count). The van der Waals surface area contributed by atoms with Gasteiger partial charge < -0.3 is 9.47 Å². The summed E-state index contributed by atoms with van der Waals surface area (Å²) in [6.07, 6.45) is -0.579. The highest BCUT2D eigenvalue weighted by Gasteiger charge is 2.34. The number of esters is 1. The quantitative estimate of drug-likeness (QED) is 0.109. The number of ether oxygens (including phenoxy) is 2. The lowest BCUT2D eigenvalue weighted by atomic mass is 10.2. The van der Waals surface area contributed by atoms with Gasteiger partial charge in [-0.25, -0.2) is 4.79 Å². The minimum absolute atomic E-state index is 0.0333. The SMILES string of the molecule is CC(C)C(OC(=O)CCCCCN=[N+]=[N-])OC(=O)ON1C(=O)CCC1=O. The minimum Gasteiger partial charge on any atom is -0.425 e. The number of amides is 2. The van der Waals surface area contributed by atoms with E-state index in [1.165, 1.54) is 0 Å². The first-order chi connectivity index (χ1) is 12.3. The minimum atomic E-state index is -1.30. The van der Waals surface area contributed by atoms with Crippen molar-refractivity contribution in [2.45, 2.75) is 58.7 Å². The van der Waals surface area contributed by atoms with Gasteiger partial charge in [-0.1, -0.05) is 30.4 Å². The zero-order valence-electron chi connectivity index (χ0n) is 14.8. The maximum atomic E-state index is 11.8. The first kappa shape index (κ1) is 21.2. The van der Waals surface area contributed by atoms with Crippen molar-refractivity contribution >= 4 is 23.9 Å². The Morgan fingerprint density at radius 1 is 1.15 bits per heavy atom. The molecule has 11 nitrogen and oxygen atoms in total. The molecule has 1 aliphatic rings. The molecule has 0 spiro atoms. The molecule has 1 saturated heterocycles. The molecule has 144 valence electrons. The molecule has 1 fully saturated rings. The zero-order valence-corrected chi connectivity index (χ0v) is 14.8. The van der Waals surface area contributed by atoms with Crippen molar-refractivity contribution in [3.05, 3.63) is 10.4 Å². The first-order valence-corrected chi connectivity index (χ1v) is 8.29. The lowest BCUT2D eigenvalue weighted by Crippen LogP contribution is -2.36. The largest absolute Gasteiger partial charge is 0.537 e. The molecule has 26 heavy (non-hydrogen) atoms. The summed E-state index contributed by atoms with van der Waals surface area (Å²) in [7, 11) is 0. The summed E-state index contributed by atoms with van der Waals surface area (Å²) in [5.74, 6) is -2.19. The molecule has 0 N–H and O–H groups in total. The van der Waals surface area contributed by atoms with E-state index in [1.54, 1.807) is 13.8 Å². The summed E-state index contributed by atoms with van der Waals surface area (Å²) >= 11 is 0. The lowest BCUT2D eigenvalue weighted by molar-refractivity contribution is -0.199. The van der Waals surface area contributed by atoms with Gasteiger partial charge in [0.25, 0.3) is 18.1 Å². The number of unbranched alkanes of at least 4 members (excludes halogenated alkanes) is 2. The Kier molecular flexibility index (Phi) is 8.93. The molecule has 0 aromatic heterocycles. The van der Waals surface area contributed by atoms with E-state index in [9.17, 15) is 19.2 Å². The van der Waals surface area contributed by atoms with Gasteiger partial charge >= 0.3 is 12.1 Å². The van der Waals surface area contributed by atoms with Gasteiger partial charge in [-0.2, -0.15) is 0 Å². The normalized spacial score (nSPS) is 14.8. The second-order valence-corrected chi connectivity index (χ2v) is 5.91. The molecule has 0 aliphatic carbocycles. The third-order valence-electron chi connectivity index (χ3n) is 3.38. The molecule has 0 saturated carbocycles. The summed E-state index contributed by atoms with van der Waals surface area (Å²) in [4.78, 5) is 53.5. The van der Waals surface area contributed by atoms with Crippen LogP contribution < -0.4 is 0 Å². The predicted octanol–water partition coefficient (Wildman–Crippen LogP) is 2.60. The highest BCUT2D eigenvalue weighted by molar-refractivity contribution is 6.01. The van der Waals surface area contributed by atoms with E-state index in [4.69, 9.17) is 15.0 Å². The molecule has 0 aromatic carbocycles. The van der Waals surface area contributed by atoms with Crippen LogP contribution in [0.2, 0.25) is 0 Å². The fourth-order valence-electron chi connectivity index (χ4n) is 2.01. The van der Waals surface area contributed by atoms with Crippen LogP contribution in [0.3, 0.4) is 0 Å². The van der Waals surface area contributed by atoms with Gasteiger partial charge in [-0.3, -0.25) is 19.2 Å². The molecule has 1 aliphatic heterocycles. The maximum Gasteiger partial charge on any atom is 0.537 e. The number of hydrogen-bond donors (Lipinski definition) is 0. The van der Waals surface area contributed by atoms with Crippen molar-refractivity contribution in [2.75, 3.05) is 6.54 Å². The average Bonchev–Trinajstić information content (AvgIpc) is 2.89. The van der Waals surface area contributed by atoms with Crippen molar-refractivity contribution in [1.82, 2.24) is 5.06 Å². The maximum absolute atomic E-state index is 11.8. The van der Waals surface area contributed by atoms with Crippen molar-refractivity contribution in [2.24, 2.45) is 11.0 Å². The Labute approximate surface area is 150 Å². The highest BCUT2D eigenvalue weighted by Crippen LogP contribution is 2.16. The molecule has 0 aromatic rings. The van der Waals surface area contributed by atoms with Crippen molar-refractivity contribution in [3.63, 3.8) is 0 Å². The summed E-state index contributed by atoms with van der Waals surface area (Å²) in [6, 6.07) is 0. The van der Waals surface area contributed by atoms with Crippen LogP contribution in [0.15, 0.2) is 5.11 Å². The van der Waals surface area contributed by atoms with Crippen LogP contribution in [0.1, 0.15) is 52.4 Å². The number of hydrogen-bond acceptors (Lipinski definition) is 8. The molecular weight excluding hydrogens is 348 g/mol. The summed E-state index contributed by atoms with van der Waals surface area (Å²) in [5.41, 5.74) is 8.15. The summed E-state index contributed by atoms with van der Waals surface area (Å²) in [6.45, 7) is 3.69. The van der Waals surface area contributed by atoms with E-state index in [0.717, 1.165) is 0 Å². The van der Waals surface area contributed by atoms with Crippen molar-refractivity contribution < 1.29 is 33.5 Å². The second kappa shape index (κ2) is 10.9. The predicted molar refractivity (Wildman–Crippen MR) is 85.9 cm³/mol. The molecule has 0 radical (unpaired) electrons. The van der Waals surface area contributed by atoms with Crippen LogP contribution in [0.25, 0.3) is 10.4 Å². The molecule has 1 unspecified atom stereocenters. The van der Waals surface area contributed by atoms with Gasteiger partial charge in [-0.05, 0) is 18.4 Å². The van der Waals surface area contributed by atoms with Crippen LogP contribution in [0.5, 0.6) is 0 Å². The van der Waals surface area contributed by atoms with E-state index in [0.29, 0.717) is 30.9 Å². The Morgan fingerprint density at radius 2 is 1.81 bits per heavy atom. The first-order valence-electron chi connectivity index (χ1n) is 8.29. The highest BCUT2D eigenvalue weighted by atomic mass is 16.9. The smallest absolute Gasteiger partial charge is 0.425 e. The van der Waals surface area contributed by atoms with E-state index in [-0.39, 0.29) is 25.2 Å². The second-order valence-electron chi connectivity index (χ2n) is 5.91. The van der Waals surface area contributed by atoms with Gasteiger partial charge in [0.2, 0.25) is 0 Å². The Morgan fingerprint density at radius 3 is 2.38 bits per heavy atom. The third kappa shape index (κ3) is 7.39. The Balaban J connectivity index is 2.39. The number of imide groups is 1. The van der Waals surface area contributed by atoms with Crippen molar-refractivity contribution in [1.29, 1.82) is 0 Å². The molecule has 11 heteroatoms. The van der Waals surface area contributed by atoms with Crippen LogP contribution in [0.4, 0.5) is 4.79 Å². The van der Waals surface area contributed by atoms with Gasteiger partial charge in [0.05, 0.1) is 0 Å². The van der Waals surface area contributed by atoms with E-state index in [1.807, 2.05) is 0 Å². The number of carbonyl (C=O) groups is 4.